The fourth-order valence-electron chi connectivity index (χ4n) is 3.15. The SMILES string of the molecule is CN(CC(=O)NCC1CCN(c2ccccc2)C1)CC(C)(C)O. The van der Waals surface area contributed by atoms with Gasteiger partial charge in [-0.1, -0.05) is 18.2 Å². The van der Waals surface area contributed by atoms with E-state index >= 15 is 0 Å². The third-order valence-electron chi connectivity index (χ3n) is 4.07. The summed E-state index contributed by atoms with van der Waals surface area (Å²) >= 11 is 0. The number of carbonyl (C=O) groups excluding carboxylic acids is 1. The van der Waals surface area contributed by atoms with Crippen molar-refractivity contribution in [2.75, 3.05) is 44.7 Å². The normalized spacial score (nSPS) is 18.5. The van der Waals surface area contributed by atoms with Gasteiger partial charge in [-0.15, -0.1) is 0 Å². The number of nitrogens with zero attached hydrogens (tertiary/aromatic N) is 2. The predicted octanol–water partition coefficient (Wildman–Crippen LogP) is 1.33. The minimum atomic E-state index is -0.781. The lowest BCUT2D eigenvalue weighted by Crippen LogP contribution is -2.43. The van der Waals surface area contributed by atoms with Crippen molar-refractivity contribution in [1.29, 1.82) is 0 Å². The molecule has 1 aliphatic heterocycles. The van der Waals surface area contributed by atoms with Crippen LogP contribution >= 0.6 is 0 Å². The number of anilines is 1. The zero-order valence-electron chi connectivity index (χ0n) is 14.5. The fourth-order valence-corrected chi connectivity index (χ4v) is 3.15. The average Bonchev–Trinajstić information content (AvgIpc) is 2.93. The van der Waals surface area contributed by atoms with Crippen molar-refractivity contribution in [3.05, 3.63) is 30.3 Å². The highest BCUT2D eigenvalue weighted by Gasteiger charge is 2.23. The van der Waals surface area contributed by atoms with E-state index in [0.717, 1.165) is 26.1 Å². The Hall–Kier alpha value is -1.59. The van der Waals surface area contributed by atoms with E-state index in [2.05, 4.69) is 34.5 Å². The topological polar surface area (TPSA) is 55.8 Å². The van der Waals surface area contributed by atoms with Crippen LogP contribution in [0, 0.1) is 5.92 Å². The van der Waals surface area contributed by atoms with Gasteiger partial charge in [-0.3, -0.25) is 9.69 Å². The number of benzene rings is 1. The average molecular weight is 319 g/mol. The van der Waals surface area contributed by atoms with Crippen molar-refractivity contribution in [2.45, 2.75) is 25.9 Å². The minimum Gasteiger partial charge on any atom is -0.389 e. The number of amides is 1. The Morgan fingerprint density at radius 1 is 1.39 bits per heavy atom. The van der Waals surface area contributed by atoms with Crippen LogP contribution in [0.5, 0.6) is 0 Å². The number of aliphatic hydroxyl groups is 1. The van der Waals surface area contributed by atoms with Crippen LogP contribution in [-0.2, 0) is 4.79 Å². The summed E-state index contributed by atoms with van der Waals surface area (Å²) < 4.78 is 0. The van der Waals surface area contributed by atoms with E-state index < -0.39 is 5.60 Å². The fraction of sp³-hybridized carbons (Fsp3) is 0.611. The van der Waals surface area contributed by atoms with E-state index in [0.29, 0.717) is 19.0 Å². The quantitative estimate of drug-likeness (QED) is 0.796. The molecule has 2 N–H and O–H groups in total. The summed E-state index contributed by atoms with van der Waals surface area (Å²) in [6.07, 6.45) is 1.11. The van der Waals surface area contributed by atoms with Gasteiger partial charge in [-0.2, -0.15) is 0 Å². The van der Waals surface area contributed by atoms with Crippen LogP contribution in [0.25, 0.3) is 0 Å². The van der Waals surface area contributed by atoms with Crippen LogP contribution in [0.4, 0.5) is 5.69 Å². The molecule has 0 spiro atoms. The summed E-state index contributed by atoms with van der Waals surface area (Å²) in [5.41, 5.74) is 0.475. The summed E-state index contributed by atoms with van der Waals surface area (Å²) in [7, 11) is 1.85. The molecule has 1 fully saturated rings. The molecular formula is C18H29N3O2. The Kier molecular flexibility index (Phi) is 6.02. The molecule has 1 amide bonds. The zero-order chi connectivity index (χ0) is 16.9. The summed E-state index contributed by atoms with van der Waals surface area (Å²) in [5, 5.41) is 12.8. The maximum absolute atomic E-state index is 12.0. The highest BCUT2D eigenvalue weighted by molar-refractivity contribution is 5.78. The van der Waals surface area contributed by atoms with Crippen LogP contribution in [0.15, 0.2) is 30.3 Å². The first kappa shape index (κ1) is 17.8. The maximum Gasteiger partial charge on any atom is 0.234 e. The molecule has 1 aromatic carbocycles. The van der Waals surface area contributed by atoms with E-state index in [9.17, 15) is 9.90 Å². The number of hydrogen-bond donors (Lipinski definition) is 2. The molecule has 1 unspecified atom stereocenters. The third kappa shape index (κ3) is 6.20. The lowest BCUT2D eigenvalue weighted by molar-refractivity contribution is -0.122. The zero-order valence-corrected chi connectivity index (χ0v) is 14.5. The Morgan fingerprint density at radius 3 is 2.74 bits per heavy atom. The van der Waals surface area contributed by atoms with Crippen molar-refractivity contribution < 1.29 is 9.90 Å². The van der Waals surface area contributed by atoms with E-state index in [1.54, 1.807) is 13.8 Å². The Balaban J connectivity index is 1.69. The summed E-state index contributed by atoms with van der Waals surface area (Å²) in [6, 6.07) is 10.4. The van der Waals surface area contributed by atoms with Gasteiger partial charge in [-0.05, 0) is 45.4 Å². The lowest BCUT2D eigenvalue weighted by Gasteiger charge is -2.25. The molecule has 1 aromatic rings. The molecule has 1 saturated heterocycles. The largest absolute Gasteiger partial charge is 0.389 e. The molecule has 5 nitrogen and oxygen atoms in total. The number of para-hydroxylation sites is 1. The molecule has 1 aliphatic rings. The molecule has 0 aliphatic carbocycles. The van der Waals surface area contributed by atoms with Gasteiger partial charge < -0.3 is 15.3 Å². The second-order valence-electron chi connectivity index (χ2n) is 7.23. The van der Waals surface area contributed by atoms with Crippen molar-refractivity contribution in [3.8, 4) is 0 Å². The van der Waals surface area contributed by atoms with Crippen LogP contribution in [0.3, 0.4) is 0 Å². The summed E-state index contributed by atoms with van der Waals surface area (Å²) in [5.74, 6) is 0.522. The molecule has 1 atom stereocenters. The first-order valence-corrected chi connectivity index (χ1v) is 8.31. The maximum atomic E-state index is 12.0. The van der Waals surface area contributed by atoms with Crippen LogP contribution in [0.1, 0.15) is 20.3 Å². The molecule has 5 heteroatoms. The molecule has 0 radical (unpaired) electrons. The molecule has 0 bridgehead atoms. The third-order valence-corrected chi connectivity index (χ3v) is 4.07. The minimum absolute atomic E-state index is 0.0231. The first-order chi connectivity index (χ1) is 10.8. The number of nitrogens with one attached hydrogen (secondary N) is 1. The van der Waals surface area contributed by atoms with E-state index in [-0.39, 0.29) is 5.91 Å². The van der Waals surface area contributed by atoms with Crippen LogP contribution < -0.4 is 10.2 Å². The Labute approximate surface area is 139 Å². The van der Waals surface area contributed by atoms with Gasteiger partial charge in [0.15, 0.2) is 0 Å². The summed E-state index contributed by atoms with van der Waals surface area (Å²) in [4.78, 5) is 16.2. The number of carbonyl (C=O) groups is 1. The van der Waals surface area contributed by atoms with Crippen molar-refractivity contribution in [2.24, 2.45) is 5.92 Å². The van der Waals surface area contributed by atoms with Gasteiger partial charge in [0.25, 0.3) is 0 Å². The van der Waals surface area contributed by atoms with E-state index in [4.69, 9.17) is 0 Å². The Morgan fingerprint density at radius 2 is 2.09 bits per heavy atom. The van der Waals surface area contributed by atoms with Crippen LogP contribution in [0.2, 0.25) is 0 Å². The molecule has 1 heterocycles. The molecular weight excluding hydrogens is 290 g/mol. The predicted molar refractivity (Wildman–Crippen MR) is 93.6 cm³/mol. The smallest absolute Gasteiger partial charge is 0.234 e. The van der Waals surface area contributed by atoms with Gasteiger partial charge in [-0.25, -0.2) is 0 Å². The molecule has 0 aromatic heterocycles. The summed E-state index contributed by atoms with van der Waals surface area (Å²) in [6.45, 7) is 7.05. The molecule has 0 saturated carbocycles. The van der Waals surface area contributed by atoms with Gasteiger partial charge in [0.1, 0.15) is 0 Å². The van der Waals surface area contributed by atoms with Crippen molar-refractivity contribution >= 4 is 11.6 Å². The van der Waals surface area contributed by atoms with E-state index in [1.807, 2.05) is 18.0 Å². The first-order valence-electron chi connectivity index (χ1n) is 8.31. The van der Waals surface area contributed by atoms with Crippen molar-refractivity contribution in [3.63, 3.8) is 0 Å². The number of hydrogen-bond acceptors (Lipinski definition) is 4. The number of likely N-dealkylation sites (N-methyl/N-ethyl adjacent to an activating group) is 1. The van der Waals surface area contributed by atoms with Gasteiger partial charge in [0, 0.05) is 31.9 Å². The highest BCUT2D eigenvalue weighted by atomic mass is 16.3. The highest BCUT2D eigenvalue weighted by Crippen LogP contribution is 2.22. The number of rotatable bonds is 7. The molecule has 2 rings (SSSR count). The monoisotopic (exact) mass is 319 g/mol. The van der Waals surface area contributed by atoms with Crippen molar-refractivity contribution in [1.82, 2.24) is 10.2 Å². The van der Waals surface area contributed by atoms with Crippen LogP contribution in [-0.4, -0.2) is 61.3 Å². The van der Waals surface area contributed by atoms with Gasteiger partial charge in [0.05, 0.1) is 12.1 Å². The second-order valence-corrected chi connectivity index (χ2v) is 7.23. The molecule has 23 heavy (non-hydrogen) atoms. The second kappa shape index (κ2) is 7.79. The lowest BCUT2D eigenvalue weighted by atomic mass is 10.1. The van der Waals surface area contributed by atoms with E-state index in [1.165, 1.54) is 5.69 Å². The van der Waals surface area contributed by atoms with Gasteiger partial charge in [0.2, 0.25) is 5.91 Å². The van der Waals surface area contributed by atoms with Gasteiger partial charge >= 0.3 is 0 Å². The Bertz CT molecular complexity index is 499. The molecule has 128 valence electrons. The standard InChI is InChI=1S/C18H29N3O2/c1-18(2,23)14-20(3)13-17(22)19-11-15-9-10-21(12-15)16-7-5-4-6-8-16/h4-8,15,23H,9-14H2,1-3H3,(H,19,22).